The third-order valence-electron chi connectivity index (χ3n) is 2.54. The van der Waals surface area contributed by atoms with E-state index in [9.17, 15) is 5.11 Å². The second-order valence-corrected chi connectivity index (χ2v) is 4.64. The molecule has 0 amide bonds. The third-order valence-corrected chi connectivity index (χ3v) is 2.54. The largest absolute Gasteiger partial charge is 0.393 e. The molecule has 0 aromatic carbocycles. The maximum atomic E-state index is 9.25. The minimum Gasteiger partial charge on any atom is -0.393 e. The predicted octanol–water partition coefficient (Wildman–Crippen LogP) is 1.25. The van der Waals surface area contributed by atoms with Gasteiger partial charge in [-0.05, 0) is 33.6 Å². The smallest absolute Gasteiger partial charge is 0.0526 e. The zero-order valence-corrected chi connectivity index (χ0v) is 10.0. The van der Waals surface area contributed by atoms with Crippen LogP contribution in [0, 0.1) is 0 Å². The van der Waals surface area contributed by atoms with Crippen molar-refractivity contribution in [3.8, 4) is 0 Å². The van der Waals surface area contributed by atoms with Gasteiger partial charge in [-0.1, -0.05) is 13.3 Å². The molecule has 4 N–H and O–H groups in total. The van der Waals surface area contributed by atoms with Crippen molar-refractivity contribution in [2.75, 3.05) is 6.54 Å². The minimum atomic E-state index is -0.249. The fourth-order valence-corrected chi connectivity index (χ4v) is 1.95. The van der Waals surface area contributed by atoms with Crippen molar-refractivity contribution in [3.05, 3.63) is 0 Å². The summed E-state index contributed by atoms with van der Waals surface area (Å²) in [6, 6.07) is 0.315. The minimum absolute atomic E-state index is 0.0169. The molecule has 0 rings (SSSR count). The van der Waals surface area contributed by atoms with Gasteiger partial charge in [0.05, 0.1) is 6.10 Å². The molecule has 3 heteroatoms. The quantitative estimate of drug-likeness (QED) is 0.582. The summed E-state index contributed by atoms with van der Waals surface area (Å²) in [6.45, 7) is 8.86. The Bertz CT molecular complexity index is 150. The topological polar surface area (TPSA) is 58.3 Å². The second kappa shape index (κ2) is 6.38. The van der Waals surface area contributed by atoms with Gasteiger partial charge in [-0.3, -0.25) is 0 Å². The number of hydrogen-bond acceptors (Lipinski definition) is 3. The van der Waals surface area contributed by atoms with Gasteiger partial charge >= 0.3 is 0 Å². The van der Waals surface area contributed by atoms with Crippen LogP contribution in [-0.4, -0.2) is 29.3 Å². The molecule has 0 aliphatic carbocycles. The summed E-state index contributed by atoms with van der Waals surface area (Å²) < 4.78 is 0. The van der Waals surface area contributed by atoms with Crippen molar-refractivity contribution >= 4 is 0 Å². The Morgan fingerprint density at radius 2 is 2.00 bits per heavy atom. The van der Waals surface area contributed by atoms with Crippen LogP contribution in [0.25, 0.3) is 0 Å². The zero-order valence-electron chi connectivity index (χ0n) is 10.0. The number of aliphatic hydroxyl groups is 1. The van der Waals surface area contributed by atoms with E-state index in [1.807, 2.05) is 6.92 Å². The number of aliphatic hydroxyl groups excluding tert-OH is 1. The molecule has 14 heavy (non-hydrogen) atoms. The summed E-state index contributed by atoms with van der Waals surface area (Å²) in [6.07, 6.45) is 2.73. The summed E-state index contributed by atoms with van der Waals surface area (Å²) >= 11 is 0. The lowest BCUT2D eigenvalue weighted by molar-refractivity contribution is 0.159. The summed E-state index contributed by atoms with van der Waals surface area (Å²) in [5, 5.41) is 12.7. The predicted molar refractivity (Wildman–Crippen MR) is 61.3 cm³/mol. The molecule has 0 aromatic rings. The van der Waals surface area contributed by atoms with Crippen molar-refractivity contribution in [3.63, 3.8) is 0 Å². The van der Waals surface area contributed by atoms with Crippen LogP contribution < -0.4 is 11.1 Å². The van der Waals surface area contributed by atoms with Crippen LogP contribution >= 0.6 is 0 Å². The van der Waals surface area contributed by atoms with E-state index in [2.05, 4.69) is 26.1 Å². The maximum Gasteiger partial charge on any atom is 0.0526 e. The van der Waals surface area contributed by atoms with E-state index in [4.69, 9.17) is 5.73 Å². The van der Waals surface area contributed by atoms with Gasteiger partial charge in [0.2, 0.25) is 0 Å². The van der Waals surface area contributed by atoms with Gasteiger partial charge in [-0.25, -0.2) is 0 Å². The van der Waals surface area contributed by atoms with Crippen molar-refractivity contribution < 1.29 is 5.11 Å². The number of rotatable bonds is 7. The summed E-state index contributed by atoms with van der Waals surface area (Å²) in [5.41, 5.74) is 5.76. The molecule has 0 saturated carbocycles. The molecule has 0 radical (unpaired) electrons. The molecule has 0 saturated heterocycles. The van der Waals surface area contributed by atoms with Crippen LogP contribution in [0.15, 0.2) is 0 Å². The van der Waals surface area contributed by atoms with E-state index >= 15 is 0 Å². The van der Waals surface area contributed by atoms with Crippen LogP contribution in [0.5, 0.6) is 0 Å². The molecule has 0 bridgehead atoms. The molecule has 0 fully saturated rings. The maximum absolute atomic E-state index is 9.25. The number of hydrogen-bond donors (Lipinski definition) is 3. The van der Waals surface area contributed by atoms with Crippen LogP contribution in [0.1, 0.15) is 47.0 Å². The molecule has 0 heterocycles. The first-order valence-corrected chi connectivity index (χ1v) is 5.59. The Morgan fingerprint density at radius 1 is 1.43 bits per heavy atom. The molecule has 3 atom stereocenters. The summed E-state index contributed by atoms with van der Waals surface area (Å²) in [4.78, 5) is 0. The molecule has 0 aromatic heterocycles. The molecule has 3 unspecified atom stereocenters. The van der Waals surface area contributed by atoms with Crippen molar-refractivity contribution in [1.82, 2.24) is 5.32 Å². The lowest BCUT2D eigenvalue weighted by atomic mass is 9.94. The molecule has 0 aliphatic heterocycles. The van der Waals surface area contributed by atoms with Crippen LogP contribution in [0.2, 0.25) is 0 Å². The molecular weight excluding hydrogens is 176 g/mol. The van der Waals surface area contributed by atoms with E-state index in [1.165, 1.54) is 0 Å². The third kappa shape index (κ3) is 5.58. The highest BCUT2D eigenvalue weighted by atomic mass is 16.3. The van der Waals surface area contributed by atoms with Crippen LogP contribution in [0.3, 0.4) is 0 Å². The van der Waals surface area contributed by atoms with Crippen LogP contribution in [0.4, 0.5) is 0 Å². The Balaban J connectivity index is 4.02. The van der Waals surface area contributed by atoms with Crippen molar-refractivity contribution in [2.45, 2.75) is 64.6 Å². The van der Waals surface area contributed by atoms with Gasteiger partial charge in [0.1, 0.15) is 0 Å². The van der Waals surface area contributed by atoms with Crippen molar-refractivity contribution in [1.29, 1.82) is 0 Å². The van der Waals surface area contributed by atoms with Crippen molar-refractivity contribution in [2.24, 2.45) is 5.73 Å². The van der Waals surface area contributed by atoms with E-state index in [-0.39, 0.29) is 11.6 Å². The molecule has 86 valence electrons. The van der Waals surface area contributed by atoms with E-state index in [0.29, 0.717) is 12.6 Å². The fourth-order valence-electron chi connectivity index (χ4n) is 1.95. The normalized spacial score (nSPS) is 20.1. The Kier molecular flexibility index (Phi) is 6.33. The second-order valence-electron chi connectivity index (χ2n) is 4.64. The van der Waals surface area contributed by atoms with E-state index in [0.717, 1.165) is 19.3 Å². The lowest BCUT2D eigenvalue weighted by Crippen LogP contribution is -2.52. The average molecular weight is 202 g/mol. The lowest BCUT2D eigenvalue weighted by Gasteiger charge is -2.33. The number of nitrogens with one attached hydrogen (secondary N) is 1. The summed E-state index contributed by atoms with van der Waals surface area (Å²) in [5.74, 6) is 0. The summed E-state index contributed by atoms with van der Waals surface area (Å²) in [7, 11) is 0. The molecule has 0 aliphatic rings. The first-order valence-electron chi connectivity index (χ1n) is 5.59. The van der Waals surface area contributed by atoms with E-state index in [1.54, 1.807) is 0 Å². The highest BCUT2D eigenvalue weighted by Gasteiger charge is 2.23. The monoisotopic (exact) mass is 202 g/mol. The van der Waals surface area contributed by atoms with Gasteiger partial charge in [0.25, 0.3) is 0 Å². The zero-order chi connectivity index (χ0) is 11.2. The average Bonchev–Trinajstić information content (AvgIpc) is 2.02. The molecular formula is C11H26N2O. The Hall–Kier alpha value is -0.120. The Labute approximate surface area is 88.1 Å². The van der Waals surface area contributed by atoms with Gasteiger partial charge in [0, 0.05) is 18.1 Å². The van der Waals surface area contributed by atoms with Crippen LogP contribution in [-0.2, 0) is 0 Å². The first kappa shape index (κ1) is 13.9. The SMILES string of the molecule is CCCC(C)(CN)NC(C)CC(C)O. The van der Waals surface area contributed by atoms with E-state index < -0.39 is 0 Å². The molecule has 3 nitrogen and oxygen atoms in total. The first-order chi connectivity index (χ1) is 6.43. The standard InChI is InChI=1S/C11H26N2O/c1-5-6-11(4,8-12)13-9(2)7-10(3)14/h9-10,13-14H,5-8,12H2,1-4H3. The highest BCUT2D eigenvalue weighted by Crippen LogP contribution is 2.12. The van der Waals surface area contributed by atoms with Gasteiger partial charge in [0.15, 0.2) is 0 Å². The molecule has 0 spiro atoms. The van der Waals surface area contributed by atoms with Gasteiger partial charge in [-0.15, -0.1) is 0 Å². The number of nitrogens with two attached hydrogens (primary N) is 1. The van der Waals surface area contributed by atoms with Gasteiger partial charge < -0.3 is 16.2 Å². The Morgan fingerprint density at radius 3 is 2.36 bits per heavy atom. The highest BCUT2D eigenvalue weighted by molar-refractivity contribution is 4.86. The fraction of sp³-hybridized carbons (Fsp3) is 1.00. The van der Waals surface area contributed by atoms with Gasteiger partial charge in [-0.2, -0.15) is 0 Å².